The summed E-state index contributed by atoms with van der Waals surface area (Å²) in [6, 6.07) is 0.696. The van der Waals surface area contributed by atoms with Gasteiger partial charge in [-0.1, -0.05) is 20.8 Å². The van der Waals surface area contributed by atoms with E-state index < -0.39 is 0 Å². The van der Waals surface area contributed by atoms with Gasteiger partial charge >= 0.3 is 0 Å². The van der Waals surface area contributed by atoms with E-state index in [2.05, 4.69) is 26.1 Å². The van der Waals surface area contributed by atoms with Gasteiger partial charge in [0.05, 0.1) is 6.10 Å². The Morgan fingerprint density at radius 3 is 2.85 bits per heavy atom. The quantitative estimate of drug-likeness (QED) is 0.709. The third-order valence-electron chi connectivity index (χ3n) is 2.50. The van der Waals surface area contributed by atoms with Crippen molar-refractivity contribution >= 4 is 0 Å². The van der Waals surface area contributed by atoms with Crippen molar-refractivity contribution in [1.82, 2.24) is 5.32 Å². The molecule has 1 fully saturated rings. The van der Waals surface area contributed by atoms with Crippen molar-refractivity contribution in [3.63, 3.8) is 0 Å². The zero-order valence-electron chi connectivity index (χ0n) is 9.18. The summed E-state index contributed by atoms with van der Waals surface area (Å²) in [6.07, 6.45) is 4.10. The highest BCUT2D eigenvalue weighted by Gasteiger charge is 2.24. The minimum Gasteiger partial charge on any atom is -0.377 e. The largest absolute Gasteiger partial charge is 0.377 e. The Morgan fingerprint density at radius 1 is 1.46 bits per heavy atom. The fourth-order valence-corrected chi connectivity index (χ4v) is 1.94. The molecule has 0 aromatic rings. The third kappa shape index (κ3) is 4.10. The van der Waals surface area contributed by atoms with E-state index in [1.54, 1.807) is 0 Å². The lowest BCUT2D eigenvalue weighted by Gasteiger charge is -2.13. The predicted molar refractivity (Wildman–Crippen MR) is 55.9 cm³/mol. The number of hydrogen-bond donors (Lipinski definition) is 1. The summed E-state index contributed by atoms with van der Waals surface area (Å²) >= 11 is 0. The minimum absolute atomic E-state index is 0.476. The zero-order valence-corrected chi connectivity index (χ0v) is 9.18. The molecule has 0 bridgehead atoms. The van der Waals surface area contributed by atoms with Crippen LogP contribution in [-0.2, 0) is 4.74 Å². The van der Waals surface area contributed by atoms with Crippen LogP contribution in [0, 0.1) is 5.92 Å². The summed E-state index contributed by atoms with van der Waals surface area (Å²) in [4.78, 5) is 0. The summed E-state index contributed by atoms with van der Waals surface area (Å²) < 4.78 is 5.70. The van der Waals surface area contributed by atoms with Crippen molar-refractivity contribution in [1.29, 1.82) is 0 Å². The van der Waals surface area contributed by atoms with Crippen LogP contribution in [0.25, 0.3) is 0 Å². The molecular formula is C11H23NO. The lowest BCUT2D eigenvalue weighted by Crippen LogP contribution is -2.23. The van der Waals surface area contributed by atoms with Gasteiger partial charge in [0.15, 0.2) is 0 Å². The molecule has 13 heavy (non-hydrogen) atoms. The smallest absolute Gasteiger partial charge is 0.0714 e. The van der Waals surface area contributed by atoms with Crippen molar-refractivity contribution in [2.45, 2.75) is 52.2 Å². The number of nitrogens with one attached hydrogen (secondary N) is 1. The van der Waals surface area contributed by atoms with Gasteiger partial charge in [-0.05, 0) is 25.2 Å². The molecule has 1 aliphatic heterocycles. The first-order valence-electron chi connectivity index (χ1n) is 5.57. The predicted octanol–water partition coefficient (Wildman–Crippen LogP) is 2.19. The minimum atomic E-state index is 0.476. The van der Waals surface area contributed by atoms with E-state index >= 15 is 0 Å². The first-order valence-corrected chi connectivity index (χ1v) is 5.57. The fraction of sp³-hybridized carbons (Fsp3) is 1.00. The summed E-state index contributed by atoms with van der Waals surface area (Å²) in [5.41, 5.74) is 0. The molecule has 0 spiro atoms. The van der Waals surface area contributed by atoms with E-state index in [4.69, 9.17) is 4.74 Å². The summed E-state index contributed by atoms with van der Waals surface area (Å²) in [5, 5.41) is 3.52. The lowest BCUT2D eigenvalue weighted by atomic mass is 10.0. The van der Waals surface area contributed by atoms with Gasteiger partial charge in [-0.15, -0.1) is 0 Å². The van der Waals surface area contributed by atoms with Crippen molar-refractivity contribution in [3.8, 4) is 0 Å². The van der Waals surface area contributed by atoms with E-state index in [-0.39, 0.29) is 0 Å². The molecule has 1 rings (SSSR count). The van der Waals surface area contributed by atoms with Crippen molar-refractivity contribution in [3.05, 3.63) is 0 Å². The van der Waals surface area contributed by atoms with Crippen LogP contribution in [0.1, 0.15) is 40.0 Å². The Kier molecular flexibility index (Phi) is 4.74. The molecule has 0 aromatic heterocycles. The Bertz CT molecular complexity index is 136. The van der Waals surface area contributed by atoms with Crippen molar-refractivity contribution in [2.24, 2.45) is 5.92 Å². The molecular weight excluding hydrogens is 162 g/mol. The summed E-state index contributed by atoms with van der Waals surface area (Å²) in [6.45, 7) is 8.69. The van der Waals surface area contributed by atoms with Crippen LogP contribution in [0.4, 0.5) is 0 Å². The molecule has 1 heterocycles. The van der Waals surface area contributed by atoms with Gasteiger partial charge in [-0.25, -0.2) is 0 Å². The fourth-order valence-electron chi connectivity index (χ4n) is 1.94. The second kappa shape index (κ2) is 5.61. The van der Waals surface area contributed by atoms with E-state index in [0.29, 0.717) is 12.1 Å². The Labute approximate surface area is 82.0 Å². The Balaban J connectivity index is 2.12. The third-order valence-corrected chi connectivity index (χ3v) is 2.50. The van der Waals surface area contributed by atoms with Gasteiger partial charge < -0.3 is 10.1 Å². The Hall–Kier alpha value is -0.0800. The Morgan fingerprint density at radius 2 is 2.23 bits per heavy atom. The highest BCUT2D eigenvalue weighted by atomic mass is 16.5. The first-order chi connectivity index (χ1) is 6.22. The molecule has 1 saturated heterocycles. The zero-order chi connectivity index (χ0) is 9.68. The molecule has 1 aliphatic rings. The molecule has 0 aliphatic carbocycles. The highest BCUT2D eigenvalue weighted by Crippen LogP contribution is 2.17. The van der Waals surface area contributed by atoms with Crippen LogP contribution < -0.4 is 5.32 Å². The normalized spacial score (nSPS) is 28.6. The van der Waals surface area contributed by atoms with Gasteiger partial charge in [0.25, 0.3) is 0 Å². The topological polar surface area (TPSA) is 21.3 Å². The molecule has 0 aromatic carbocycles. The average Bonchev–Trinajstić information content (AvgIpc) is 2.48. The maximum absolute atomic E-state index is 5.70. The van der Waals surface area contributed by atoms with Crippen LogP contribution in [0.2, 0.25) is 0 Å². The molecule has 2 heteroatoms. The van der Waals surface area contributed by atoms with Gasteiger partial charge in [0.2, 0.25) is 0 Å². The van der Waals surface area contributed by atoms with Gasteiger partial charge in [0.1, 0.15) is 0 Å². The molecule has 1 N–H and O–H groups in total. The van der Waals surface area contributed by atoms with Gasteiger partial charge in [0, 0.05) is 19.2 Å². The molecule has 0 amide bonds. The molecule has 2 atom stereocenters. The molecule has 0 radical (unpaired) electrons. The molecule has 0 unspecified atom stereocenters. The van der Waals surface area contributed by atoms with Crippen LogP contribution >= 0.6 is 0 Å². The lowest BCUT2D eigenvalue weighted by molar-refractivity contribution is 0.0655. The van der Waals surface area contributed by atoms with E-state index in [1.165, 1.54) is 12.8 Å². The molecule has 2 nitrogen and oxygen atoms in total. The molecule has 78 valence electrons. The van der Waals surface area contributed by atoms with Gasteiger partial charge in [-0.3, -0.25) is 0 Å². The van der Waals surface area contributed by atoms with E-state index in [0.717, 1.165) is 25.5 Å². The van der Waals surface area contributed by atoms with Crippen molar-refractivity contribution < 1.29 is 4.74 Å². The maximum atomic E-state index is 5.70. The van der Waals surface area contributed by atoms with E-state index in [9.17, 15) is 0 Å². The van der Waals surface area contributed by atoms with Crippen molar-refractivity contribution in [2.75, 3.05) is 13.2 Å². The van der Waals surface area contributed by atoms with Crippen LogP contribution in [-0.4, -0.2) is 25.3 Å². The van der Waals surface area contributed by atoms with Crippen LogP contribution in [0.3, 0.4) is 0 Å². The van der Waals surface area contributed by atoms with Gasteiger partial charge in [-0.2, -0.15) is 0 Å². The standard InChI is InChI=1S/C11H23NO/c1-4-5-13-11-7-10(12-8-11)6-9(2)3/h9-12H,4-8H2,1-3H3/t10-,11+/m0/s1. The summed E-state index contributed by atoms with van der Waals surface area (Å²) in [7, 11) is 0. The summed E-state index contributed by atoms with van der Waals surface area (Å²) in [5.74, 6) is 0.794. The second-order valence-electron chi connectivity index (χ2n) is 4.46. The second-order valence-corrected chi connectivity index (χ2v) is 4.46. The average molecular weight is 185 g/mol. The monoisotopic (exact) mass is 185 g/mol. The first kappa shape index (κ1) is 11.0. The number of rotatable bonds is 5. The van der Waals surface area contributed by atoms with Crippen LogP contribution in [0.5, 0.6) is 0 Å². The maximum Gasteiger partial charge on any atom is 0.0714 e. The number of hydrogen-bond acceptors (Lipinski definition) is 2. The SMILES string of the molecule is CCCO[C@H]1CN[C@@H](CC(C)C)C1. The van der Waals surface area contributed by atoms with E-state index in [1.807, 2.05) is 0 Å². The number of ether oxygens (including phenoxy) is 1. The van der Waals surface area contributed by atoms with Crippen LogP contribution in [0.15, 0.2) is 0 Å². The molecule has 0 saturated carbocycles. The highest BCUT2D eigenvalue weighted by molar-refractivity contribution is 4.82.